The van der Waals surface area contributed by atoms with Gasteiger partial charge in [0.15, 0.2) is 0 Å². The summed E-state index contributed by atoms with van der Waals surface area (Å²) in [4.78, 5) is 94.7. The first-order valence-electron chi connectivity index (χ1n) is 24.9. The molecular weight excluding hydrogens is 883 g/mol. The van der Waals surface area contributed by atoms with Gasteiger partial charge < -0.3 is 57.4 Å². The van der Waals surface area contributed by atoms with Crippen molar-refractivity contribution < 1.29 is 48.0 Å². The lowest BCUT2D eigenvalue weighted by Crippen LogP contribution is -2.60. The van der Waals surface area contributed by atoms with Crippen molar-refractivity contribution in [3.63, 3.8) is 0 Å². The van der Waals surface area contributed by atoms with Crippen LogP contribution in [0, 0.1) is 17.3 Å². The maximum absolute atomic E-state index is 14.1. The third-order valence-electron chi connectivity index (χ3n) is 14.6. The van der Waals surface area contributed by atoms with Crippen LogP contribution in [0.25, 0.3) is 11.1 Å². The van der Waals surface area contributed by atoms with E-state index in [4.69, 9.17) is 20.8 Å². The second-order valence-electron chi connectivity index (χ2n) is 20.0. The largest absolute Gasteiger partial charge is 0.481 e. The van der Waals surface area contributed by atoms with Crippen molar-refractivity contribution in [1.82, 2.24) is 31.5 Å². The smallest absolute Gasteiger partial charge is 0.404 e. The van der Waals surface area contributed by atoms with Gasteiger partial charge in [-0.15, -0.1) is 0 Å². The Morgan fingerprint density at radius 3 is 2.19 bits per heavy atom. The first kappa shape index (κ1) is 53.0. The summed E-state index contributed by atoms with van der Waals surface area (Å²) >= 11 is 0. The van der Waals surface area contributed by atoms with Crippen molar-refractivity contribution >= 4 is 48.5 Å². The fourth-order valence-corrected chi connectivity index (χ4v) is 10.3. The summed E-state index contributed by atoms with van der Waals surface area (Å²) in [6.07, 6.45) is 5.55. The van der Waals surface area contributed by atoms with Crippen molar-refractivity contribution in [2.24, 2.45) is 28.7 Å². The lowest BCUT2D eigenvalue weighted by atomic mass is 9.47. The molecule has 2 saturated heterocycles. The molecule has 376 valence electrons. The Hall–Kier alpha value is -5.37. The molecule has 2 aliphatic heterocycles. The van der Waals surface area contributed by atoms with E-state index >= 15 is 0 Å². The van der Waals surface area contributed by atoms with Gasteiger partial charge in [0.1, 0.15) is 24.2 Å². The van der Waals surface area contributed by atoms with Crippen molar-refractivity contribution in [1.29, 1.82) is 0 Å². The Morgan fingerprint density at radius 1 is 0.855 bits per heavy atom. The summed E-state index contributed by atoms with van der Waals surface area (Å²) in [7, 11) is -0.641. The molecule has 3 aliphatic carbocycles. The number of nitrogens with zero attached hydrogens (tertiary/aromatic N) is 1. The van der Waals surface area contributed by atoms with Gasteiger partial charge in [0.2, 0.25) is 35.4 Å². The van der Waals surface area contributed by atoms with E-state index in [0.29, 0.717) is 56.2 Å². The number of aliphatic hydroxyl groups excluding tert-OH is 1. The van der Waals surface area contributed by atoms with Crippen LogP contribution in [0.15, 0.2) is 48.5 Å². The minimum absolute atomic E-state index is 0.0184. The standard InChI is InChI=1S/C50H73BN8O10/c1-6-7-11-31-14-16-32(17-15-31)33-18-20-34(21-19-33)46(64)54-24-22-42(62)56-37(12-8-9-23-52)47(65)58-43(30(3)60)48(66)55-29(2)45(63)57-38(28-41(53)61)49(67)59-25-10-13-40(59)51-68-39-27-35-26-36(44(39)69-51)50(35,4)5/h14-21,29-30,35-40,43-44,60H,6-13,22-28,52H2,1-5H3,(H2,53,61)(H,54,64)(H,55,66)(H,56,62)(H,57,63)(H,58,65)/t29-,30+,35-,36+,37-,38-,39?,40-,43-,44?/m0/s1. The Labute approximate surface area is 406 Å². The molecule has 0 radical (unpaired) electrons. The van der Waals surface area contributed by atoms with Crippen molar-refractivity contribution in [3.05, 3.63) is 59.7 Å². The van der Waals surface area contributed by atoms with E-state index in [9.17, 15) is 38.7 Å². The zero-order chi connectivity index (χ0) is 50.0. The second-order valence-corrected chi connectivity index (χ2v) is 20.0. The third kappa shape index (κ3) is 13.3. The van der Waals surface area contributed by atoms with E-state index in [1.807, 2.05) is 12.1 Å². The van der Waals surface area contributed by atoms with Crippen LogP contribution in [0.1, 0.15) is 121 Å². The number of aliphatic hydroxyl groups is 1. The Kier molecular flexibility index (Phi) is 18.4. The minimum Gasteiger partial charge on any atom is -0.404 e. The van der Waals surface area contributed by atoms with E-state index < -0.39 is 85.2 Å². The van der Waals surface area contributed by atoms with E-state index in [-0.39, 0.29) is 42.9 Å². The molecule has 2 aromatic carbocycles. The normalized spacial score (nSPS) is 23.3. The first-order valence-corrected chi connectivity index (χ1v) is 24.9. The van der Waals surface area contributed by atoms with Gasteiger partial charge in [0.25, 0.3) is 5.91 Å². The molecular formula is C50H73BN8O10. The van der Waals surface area contributed by atoms with Gasteiger partial charge in [0.05, 0.1) is 30.7 Å². The predicted octanol–water partition coefficient (Wildman–Crippen LogP) is 2.03. The van der Waals surface area contributed by atoms with E-state index in [0.717, 1.165) is 43.2 Å². The van der Waals surface area contributed by atoms with Gasteiger partial charge in [-0.3, -0.25) is 33.6 Å². The molecule has 3 saturated carbocycles. The molecule has 7 amide bonds. The lowest BCUT2D eigenvalue weighted by molar-refractivity contribution is -0.150. The van der Waals surface area contributed by atoms with Gasteiger partial charge >= 0.3 is 7.12 Å². The average molecular weight is 957 g/mol. The van der Waals surface area contributed by atoms with Crippen molar-refractivity contribution in [2.75, 3.05) is 19.6 Å². The summed E-state index contributed by atoms with van der Waals surface area (Å²) in [5.74, 6) is -4.23. The summed E-state index contributed by atoms with van der Waals surface area (Å²) in [6.45, 7) is 10.0. The SMILES string of the molecule is CCCCc1ccc(-c2ccc(C(=O)NCCC(=O)N[C@@H](CCCCN)C(=O)N[C@H](C(=O)N[C@@H](C)C(=O)N[C@@H](CC(N)=O)C(=O)N3CCC[C@H]3B3OC4C[C@@H]5C[C@H](C4O3)C5(C)C)[C@@H](C)O)cc2)cc1. The van der Waals surface area contributed by atoms with Crippen molar-refractivity contribution in [2.45, 2.75) is 160 Å². The number of nitrogens with two attached hydrogens (primary N) is 2. The zero-order valence-corrected chi connectivity index (χ0v) is 40.8. The molecule has 2 unspecified atom stereocenters. The Balaban J connectivity index is 0.988. The summed E-state index contributed by atoms with van der Waals surface area (Å²) < 4.78 is 12.9. The number of unbranched alkanes of at least 4 members (excludes halogenated alkanes) is 2. The number of hydrogen-bond donors (Lipinski definition) is 8. The second kappa shape index (κ2) is 24.0. The zero-order valence-electron chi connectivity index (χ0n) is 40.8. The van der Waals surface area contributed by atoms with Crippen LogP contribution in [0.4, 0.5) is 0 Å². The number of likely N-dealkylation sites (tertiary alicyclic amines) is 1. The number of carbonyl (C=O) groups is 7. The molecule has 2 heterocycles. The molecule has 18 nitrogen and oxygen atoms in total. The van der Waals surface area contributed by atoms with Gasteiger partial charge in [-0.2, -0.15) is 0 Å². The maximum atomic E-state index is 14.1. The molecule has 5 fully saturated rings. The van der Waals surface area contributed by atoms with E-state index in [2.05, 4.69) is 71.6 Å². The molecule has 69 heavy (non-hydrogen) atoms. The summed E-state index contributed by atoms with van der Waals surface area (Å²) in [5.41, 5.74) is 15.1. The molecule has 2 bridgehead atoms. The van der Waals surface area contributed by atoms with Crippen LogP contribution in [-0.2, 0) is 44.5 Å². The minimum atomic E-state index is -1.56. The van der Waals surface area contributed by atoms with Crippen LogP contribution in [0.3, 0.4) is 0 Å². The van der Waals surface area contributed by atoms with Crippen LogP contribution in [0.2, 0.25) is 0 Å². The number of hydrogen-bond acceptors (Lipinski definition) is 11. The average Bonchev–Trinajstić information content (AvgIpc) is 4.00. The molecule has 2 aromatic rings. The molecule has 7 rings (SSSR count). The Morgan fingerprint density at radius 2 is 1.55 bits per heavy atom. The van der Waals surface area contributed by atoms with Gasteiger partial charge in [-0.1, -0.05) is 63.6 Å². The van der Waals surface area contributed by atoms with E-state index in [1.165, 1.54) is 19.4 Å². The maximum Gasteiger partial charge on any atom is 0.481 e. The monoisotopic (exact) mass is 957 g/mol. The van der Waals surface area contributed by atoms with Gasteiger partial charge in [0, 0.05) is 25.1 Å². The molecule has 10 atom stereocenters. The number of benzene rings is 2. The molecule has 0 spiro atoms. The first-order chi connectivity index (χ1) is 32.9. The number of primary amides is 1. The van der Waals surface area contributed by atoms with Crippen LogP contribution in [-0.4, -0.2) is 127 Å². The lowest BCUT2D eigenvalue weighted by Gasteiger charge is -2.60. The van der Waals surface area contributed by atoms with Crippen molar-refractivity contribution in [3.8, 4) is 11.1 Å². The van der Waals surface area contributed by atoms with Crippen LogP contribution < -0.4 is 38.1 Å². The third-order valence-corrected chi connectivity index (χ3v) is 14.6. The van der Waals surface area contributed by atoms with Crippen LogP contribution in [0.5, 0.6) is 0 Å². The fraction of sp³-hybridized carbons (Fsp3) is 0.620. The highest BCUT2D eigenvalue weighted by molar-refractivity contribution is 6.47. The van der Waals surface area contributed by atoms with Gasteiger partial charge in [-0.05, 0) is 124 Å². The number of amides is 7. The number of carbonyl (C=O) groups excluding carboxylic acids is 7. The number of aryl methyl sites for hydroxylation is 1. The Bertz CT molecular complexity index is 2140. The highest BCUT2D eigenvalue weighted by Gasteiger charge is 2.63. The number of nitrogens with one attached hydrogen (secondary N) is 5. The highest BCUT2D eigenvalue weighted by Crippen LogP contribution is 2.61. The van der Waals surface area contributed by atoms with Crippen LogP contribution >= 0.6 is 0 Å². The fourth-order valence-electron chi connectivity index (χ4n) is 10.3. The van der Waals surface area contributed by atoms with Gasteiger partial charge in [-0.25, -0.2) is 0 Å². The molecule has 5 aliphatic rings. The summed E-state index contributed by atoms with van der Waals surface area (Å²) in [6, 6.07) is 10.2. The predicted molar refractivity (Wildman–Crippen MR) is 259 cm³/mol. The number of rotatable bonds is 24. The molecule has 19 heteroatoms. The van der Waals surface area contributed by atoms with E-state index in [1.54, 1.807) is 17.0 Å². The summed E-state index contributed by atoms with van der Waals surface area (Å²) in [5, 5.41) is 23.6. The highest BCUT2D eigenvalue weighted by atomic mass is 16.7. The quantitative estimate of drug-likeness (QED) is 0.0557. The topological polar surface area (TPSA) is 274 Å². The molecule has 10 N–H and O–H groups in total. The molecule has 0 aromatic heterocycles.